The predicted octanol–water partition coefficient (Wildman–Crippen LogP) is 11.1. The minimum Gasteiger partial charge on any atom is -0.481 e. The fraction of sp³-hybridized carbons (Fsp3) is 0.829. The lowest BCUT2D eigenvalue weighted by atomic mass is 9.97. The van der Waals surface area contributed by atoms with Gasteiger partial charge >= 0.3 is 11.9 Å². The molecule has 0 fully saturated rings. The SMILES string of the molecule is C=CCOC(=O)C(CCCCCCCCCCCCCCCCCCCCCCC/C=C/CCC)CC(=O)O. The summed E-state index contributed by atoms with van der Waals surface area (Å²) in [5.74, 6) is -1.88. The van der Waals surface area contributed by atoms with Crippen LogP contribution in [0, 0.1) is 5.92 Å². The Bertz CT molecular complexity index is 583. The van der Waals surface area contributed by atoms with Crippen LogP contribution in [0.1, 0.15) is 174 Å². The van der Waals surface area contributed by atoms with E-state index in [0.29, 0.717) is 6.42 Å². The molecular weight excluding hydrogens is 484 g/mol. The zero-order valence-corrected chi connectivity index (χ0v) is 25.8. The smallest absolute Gasteiger partial charge is 0.309 e. The summed E-state index contributed by atoms with van der Waals surface area (Å²) in [5, 5.41) is 9.03. The second-order valence-electron chi connectivity index (χ2n) is 11.5. The van der Waals surface area contributed by atoms with Crippen molar-refractivity contribution in [3.05, 3.63) is 24.8 Å². The van der Waals surface area contributed by atoms with Gasteiger partial charge in [-0.3, -0.25) is 9.59 Å². The van der Waals surface area contributed by atoms with E-state index in [0.717, 1.165) is 12.8 Å². The van der Waals surface area contributed by atoms with Gasteiger partial charge in [-0.25, -0.2) is 0 Å². The first-order valence-corrected chi connectivity index (χ1v) is 16.8. The van der Waals surface area contributed by atoms with Crippen LogP contribution < -0.4 is 0 Å². The number of carbonyl (C=O) groups is 2. The molecule has 0 rings (SSSR count). The van der Waals surface area contributed by atoms with Crippen LogP contribution in [-0.4, -0.2) is 23.7 Å². The maximum Gasteiger partial charge on any atom is 0.309 e. The van der Waals surface area contributed by atoms with Crippen molar-refractivity contribution >= 4 is 11.9 Å². The normalized spacial score (nSPS) is 12.1. The Kier molecular flexibility index (Phi) is 29.7. The zero-order chi connectivity index (χ0) is 28.7. The second kappa shape index (κ2) is 31.0. The lowest BCUT2D eigenvalue weighted by Gasteiger charge is -2.13. The van der Waals surface area contributed by atoms with Crippen LogP contribution in [-0.2, 0) is 14.3 Å². The van der Waals surface area contributed by atoms with E-state index < -0.39 is 17.9 Å². The van der Waals surface area contributed by atoms with Crippen LogP contribution in [0.15, 0.2) is 24.8 Å². The predicted molar refractivity (Wildman–Crippen MR) is 167 cm³/mol. The van der Waals surface area contributed by atoms with Crippen LogP contribution in [0.2, 0.25) is 0 Å². The van der Waals surface area contributed by atoms with Gasteiger partial charge in [0, 0.05) is 0 Å². The van der Waals surface area contributed by atoms with Crippen molar-refractivity contribution in [2.24, 2.45) is 5.92 Å². The number of carboxylic acids is 1. The highest BCUT2D eigenvalue weighted by molar-refractivity contribution is 5.79. The van der Waals surface area contributed by atoms with Gasteiger partial charge in [-0.2, -0.15) is 0 Å². The average Bonchev–Trinajstić information content (AvgIpc) is 2.92. The van der Waals surface area contributed by atoms with Crippen molar-refractivity contribution in [1.82, 2.24) is 0 Å². The van der Waals surface area contributed by atoms with Gasteiger partial charge in [-0.1, -0.05) is 167 Å². The van der Waals surface area contributed by atoms with Gasteiger partial charge in [0.15, 0.2) is 0 Å². The Labute approximate surface area is 242 Å². The van der Waals surface area contributed by atoms with Crippen molar-refractivity contribution in [2.45, 2.75) is 174 Å². The highest BCUT2D eigenvalue weighted by Gasteiger charge is 2.22. The summed E-state index contributed by atoms with van der Waals surface area (Å²) in [4.78, 5) is 23.0. The molecule has 0 radical (unpaired) electrons. The number of hydrogen-bond acceptors (Lipinski definition) is 3. The van der Waals surface area contributed by atoms with E-state index in [-0.39, 0.29) is 13.0 Å². The van der Waals surface area contributed by atoms with E-state index in [9.17, 15) is 9.59 Å². The molecule has 0 saturated heterocycles. The Hall–Kier alpha value is -1.58. The van der Waals surface area contributed by atoms with E-state index in [2.05, 4.69) is 25.7 Å². The molecule has 1 N–H and O–H groups in total. The molecule has 0 bridgehead atoms. The Morgan fingerprint density at radius 2 is 1.03 bits per heavy atom. The molecule has 1 atom stereocenters. The molecule has 0 aliphatic heterocycles. The van der Waals surface area contributed by atoms with Gasteiger partial charge in [0.1, 0.15) is 6.61 Å². The summed E-state index contributed by atoms with van der Waals surface area (Å²) in [6.07, 6.45) is 38.6. The van der Waals surface area contributed by atoms with E-state index >= 15 is 0 Å². The summed E-state index contributed by atoms with van der Waals surface area (Å²) in [6, 6.07) is 0. The van der Waals surface area contributed by atoms with Crippen LogP contribution >= 0.6 is 0 Å². The van der Waals surface area contributed by atoms with Crippen LogP contribution in [0.25, 0.3) is 0 Å². The fourth-order valence-corrected chi connectivity index (χ4v) is 5.19. The minimum atomic E-state index is -0.941. The molecule has 0 aromatic carbocycles. The average molecular weight is 549 g/mol. The summed E-state index contributed by atoms with van der Waals surface area (Å²) in [5.41, 5.74) is 0. The third-order valence-electron chi connectivity index (χ3n) is 7.64. The maximum atomic E-state index is 12.0. The number of hydrogen-bond donors (Lipinski definition) is 1. The van der Waals surface area contributed by atoms with Gasteiger partial charge in [0.05, 0.1) is 12.3 Å². The van der Waals surface area contributed by atoms with Crippen LogP contribution in [0.5, 0.6) is 0 Å². The van der Waals surface area contributed by atoms with Crippen molar-refractivity contribution < 1.29 is 19.4 Å². The third kappa shape index (κ3) is 29.2. The molecule has 4 heteroatoms. The van der Waals surface area contributed by atoms with Gasteiger partial charge in [-0.05, 0) is 25.7 Å². The Morgan fingerprint density at radius 3 is 1.41 bits per heavy atom. The third-order valence-corrected chi connectivity index (χ3v) is 7.64. The van der Waals surface area contributed by atoms with Crippen LogP contribution in [0.4, 0.5) is 0 Å². The van der Waals surface area contributed by atoms with Gasteiger partial charge in [0.2, 0.25) is 0 Å². The lowest BCUT2D eigenvalue weighted by molar-refractivity contribution is -0.152. The number of rotatable bonds is 31. The molecule has 39 heavy (non-hydrogen) atoms. The van der Waals surface area contributed by atoms with E-state index in [1.54, 1.807) is 0 Å². The van der Waals surface area contributed by atoms with Gasteiger partial charge in [-0.15, -0.1) is 0 Å². The lowest BCUT2D eigenvalue weighted by Crippen LogP contribution is -2.21. The first-order chi connectivity index (χ1) is 19.1. The summed E-state index contributed by atoms with van der Waals surface area (Å²) in [6.45, 7) is 5.91. The van der Waals surface area contributed by atoms with E-state index in [1.165, 1.54) is 147 Å². The maximum absolute atomic E-state index is 12.0. The first kappa shape index (κ1) is 37.4. The minimum absolute atomic E-state index is 0.145. The van der Waals surface area contributed by atoms with Crippen molar-refractivity contribution in [3.63, 3.8) is 0 Å². The standard InChI is InChI=1S/C35H64O4/c1-3-5-6-7-8-9-10-11-12-13-14-15-16-17-18-19-20-21-22-23-24-25-26-27-28-29-30-33(32-34(36)37)35(38)39-31-4-2/h4,6-7,33H,2-3,5,8-32H2,1H3,(H,36,37)/b7-6+. The van der Waals surface area contributed by atoms with Crippen LogP contribution in [0.3, 0.4) is 0 Å². The quantitative estimate of drug-likeness (QED) is 0.0531. The van der Waals surface area contributed by atoms with Crippen molar-refractivity contribution in [1.29, 1.82) is 0 Å². The summed E-state index contributed by atoms with van der Waals surface area (Å²) >= 11 is 0. The molecule has 0 aliphatic carbocycles. The number of carbonyl (C=O) groups excluding carboxylic acids is 1. The molecule has 0 amide bonds. The second-order valence-corrected chi connectivity index (χ2v) is 11.5. The first-order valence-electron chi connectivity index (χ1n) is 16.8. The molecule has 0 aromatic rings. The number of ether oxygens (including phenoxy) is 1. The number of carboxylic acid groups (broad SMARTS) is 1. The van der Waals surface area contributed by atoms with Gasteiger partial charge in [0.25, 0.3) is 0 Å². The monoisotopic (exact) mass is 548 g/mol. The molecule has 0 saturated carbocycles. The van der Waals surface area contributed by atoms with Crippen molar-refractivity contribution in [3.8, 4) is 0 Å². The number of allylic oxidation sites excluding steroid dienone is 2. The molecule has 0 heterocycles. The number of unbranched alkanes of at least 4 members (excludes halogenated alkanes) is 22. The van der Waals surface area contributed by atoms with E-state index in [4.69, 9.17) is 9.84 Å². The molecule has 0 aromatic heterocycles. The zero-order valence-electron chi connectivity index (χ0n) is 25.8. The summed E-state index contributed by atoms with van der Waals surface area (Å²) < 4.78 is 5.04. The highest BCUT2D eigenvalue weighted by Crippen LogP contribution is 2.18. The number of esters is 1. The summed E-state index contributed by atoms with van der Waals surface area (Å²) in [7, 11) is 0. The fourth-order valence-electron chi connectivity index (χ4n) is 5.19. The Balaban J connectivity index is 3.32. The molecule has 4 nitrogen and oxygen atoms in total. The van der Waals surface area contributed by atoms with Gasteiger partial charge < -0.3 is 9.84 Å². The largest absolute Gasteiger partial charge is 0.481 e. The topological polar surface area (TPSA) is 63.6 Å². The Morgan fingerprint density at radius 1 is 0.641 bits per heavy atom. The van der Waals surface area contributed by atoms with E-state index in [1.807, 2.05) is 0 Å². The molecule has 0 aliphatic rings. The molecule has 0 spiro atoms. The number of aliphatic carboxylic acids is 1. The molecule has 1 unspecified atom stereocenters. The van der Waals surface area contributed by atoms with Crippen molar-refractivity contribution in [2.75, 3.05) is 6.61 Å². The highest BCUT2D eigenvalue weighted by atomic mass is 16.5. The molecular formula is C35H64O4. The molecule has 228 valence electrons.